The van der Waals surface area contributed by atoms with E-state index in [0.717, 1.165) is 17.0 Å². The van der Waals surface area contributed by atoms with Gasteiger partial charge >= 0.3 is 0 Å². The number of benzene rings is 1. The van der Waals surface area contributed by atoms with Crippen molar-refractivity contribution in [3.63, 3.8) is 0 Å². The van der Waals surface area contributed by atoms with Crippen molar-refractivity contribution in [1.29, 1.82) is 0 Å². The van der Waals surface area contributed by atoms with Gasteiger partial charge in [0.2, 0.25) is 5.91 Å². The Morgan fingerprint density at radius 1 is 1.36 bits per heavy atom. The van der Waals surface area contributed by atoms with Gasteiger partial charge in [0.1, 0.15) is 11.6 Å². The van der Waals surface area contributed by atoms with Gasteiger partial charge in [-0.05, 0) is 32.4 Å². The molecule has 0 aliphatic heterocycles. The summed E-state index contributed by atoms with van der Waals surface area (Å²) in [7, 11) is 0. The van der Waals surface area contributed by atoms with Crippen LogP contribution in [0.2, 0.25) is 0 Å². The molecule has 0 radical (unpaired) electrons. The first-order valence-electron chi connectivity index (χ1n) is 6.99. The third kappa shape index (κ3) is 4.19. The van der Waals surface area contributed by atoms with Crippen LogP contribution >= 0.6 is 0 Å². The standard InChI is InChI=1S/C17H17FN2O2/c1-12-15(13(2)22-20-12)9-10-17(21)19-11-5-7-14-6-3-4-8-16(14)18/h3-4,6,8H,9-11H2,1-2H3,(H,19,21). The summed E-state index contributed by atoms with van der Waals surface area (Å²) >= 11 is 0. The van der Waals surface area contributed by atoms with E-state index in [1.54, 1.807) is 18.2 Å². The van der Waals surface area contributed by atoms with E-state index in [1.807, 2.05) is 13.8 Å². The topological polar surface area (TPSA) is 55.1 Å². The quantitative estimate of drug-likeness (QED) is 0.883. The van der Waals surface area contributed by atoms with E-state index < -0.39 is 0 Å². The maximum absolute atomic E-state index is 13.3. The molecule has 1 N–H and O–H groups in total. The van der Waals surface area contributed by atoms with E-state index in [9.17, 15) is 9.18 Å². The SMILES string of the molecule is Cc1noc(C)c1CCC(=O)NCC#Cc1ccccc1F. The molecule has 4 nitrogen and oxygen atoms in total. The van der Waals surface area contributed by atoms with E-state index >= 15 is 0 Å². The summed E-state index contributed by atoms with van der Waals surface area (Å²) in [6, 6.07) is 6.28. The molecule has 0 aliphatic rings. The highest BCUT2D eigenvalue weighted by atomic mass is 19.1. The Labute approximate surface area is 128 Å². The molecule has 5 heteroatoms. The number of aryl methyl sites for hydroxylation is 2. The Bertz CT molecular complexity index is 706. The lowest BCUT2D eigenvalue weighted by Crippen LogP contribution is -2.23. The van der Waals surface area contributed by atoms with Crippen molar-refractivity contribution in [2.75, 3.05) is 6.54 Å². The molecule has 0 atom stereocenters. The number of halogens is 1. The van der Waals surface area contributed by atoms with Gasteiger partial charge in [0.25, 0.3) is 0 Å². The third-order valence-corrected chi connectivity index (χ3v) is 3.25. The van der Waals surface area contributed by atoms with Crippen molar-refractivity contribution in [1.82, 2.24) is 10.5 Å². The fourth-order valence-electron chi connectivity index (χ4n) is 2.03. The minimum absolute atomic E-state index is 0.108. The van der Waals surface area contributed by atoms with Crippen LogP contribution in [0.1, 0.15) is 29.0 Å². The molecular formula is C17H17FN2O2. The predicted molar refractivity (Wildman–Crippen MR) is 80.6 cm³/mol. The van der Waals surface area contributed by atoms with Crippen LogP contribution in [0.15, 0.2) is 28.8 Å². The summed E-state index contributed by atoms with van der Waals surface area (Å²) in [5.74, 6) is 5.70. The molecule has 114 valence electrons. The van der Waals surface area contributed by atoms with Crippen molar-refractivity contribution in [2.24, 2.45) is 0 Å². The molecule has 1 aromatic heterocycles. The van der Waals surface area contributed by atoms with Crippen LogP contribution in [0.4, 0.5) is 4.39 Å². The van der Waals surface area contributed by atoms with Crippen LogP contribution in [0, 0.1) is 31.5 Å². The first kappa shape index (κ1) is 15.8. The zero-order chi connectivity index (χ0) is 15.9. The van der Waals surface area contributed by atoms with Crippen LogP contribution < -0.4 is 5.32 Å². The maximum atomic E-state index is 13.3. The number of hydrogen-bond donors (Lipinski definition) is 1. The van der Waals surface area contributed by atoms with Crippen molar-refractivity contribution in [3.05, 3.63) is 52.7 Å². The largest absolute Gasteiger partial charge is 0.361 e. The Balaban J connectivity index is 1.78. The minimum atomic E-state index is -0.361. The molecule has 0 saturated carbocycles. The van der Waals surface area contributed by atoms with Gasteiger partial charge in [-0.3, -0.25) is 4.79 Å². The molecule has 1 aromatic carbocycles. The van der Waals surface area contributed by atoms with E-state index in [2.05, 4.69) is 22.3 Å². The van der Waals surface area contributed by atoms with Crippen molar-refractivity contribution >= 4 is 5.91 Å². The van der Waals surface area contributed by atoms with Gasteiger partial charge < -0.3 is 9.84 Å². The second kappa shape index (κ2) is 7.41. The Hall–Kier alpha value is -2.61. The number of aromatic nitrogens is 1. The molecule has 0 spiro atoms. The van der Waals surface area contributed by atoms with Crippen LogP contribution in [0.3, 0.4) is 0 Å². The molecule has 0 unspecified atom stereocenters. The normalized spacial score (nSPS) is 9.95. The molecule has 22 heavy (non-hydrogen) atoms. The highest BCUT2D eigenvalue weighted by Crippen LogP contribution is 2.14. The van der Waals surface area contributed by atoms with E-state index in [1.165, 1.54) is 6.07 Å². The summed E-state index contributed by atoms with van der Waals surface area (Å²) in [6.45, 7) is 3.87. The minimum Gasteiger partial charge on any atom is -0.361 e. The monoisotopic (exact) mass is 300 g/mol. The number of hydrogen-bond acceptors (Lipinski definition) is 3. The number of amides is 1. The highest BCUT2D eigenvalue weighted by Gasteiger charge is 2.10. The van der Waals surface area contributed by atoms with E-state index in [-0.39, 0.29) is 18.3 Å². The third-order valence-electron chi connectivity index (χ3n) is 3.25. The van der Waals surface area contributed by atoms with Gasteiger partial charge in [-0.15, -0.1) is 0 Å². The van der Waals surface area contributed by atoms with Gasteiger partial charge in [-0.1, -0.05) is 29.1 Å². The second-order valence-electron chi connectivity index (χ2n) is 4.86. The van der Waals surface area contributed by atoms with Crippen LogP contribution in [0.5, 0.6) is 0 Å². The zero-order valence-corrected chi connectivity index (χ0v) is 12.6. The lowest BCUT2D eigenvalue weighted by molar-refractivity contribution is -0.120. The fourth-order valence-corrected chi connectivity index (χ4v) is 2.03. The van der Waals surface area contributed by atoms with Gasteiger partial charge in [-0.2, -0.15) is 0 Å². The van der Waals surface area contributed by atoms with E-state index in [0.29, 0.717) is 18.4 Å². The van der Waals surface area contributed by atoms with Crippen molar-refractivity contribution < 1.29 is 13.7 Å². The maximum Gasteiger partial charge on any atom is 0.221 e. The number of nitrogens with zero attached hydrogens (tertiary/aromatic N) is 1. The molecule has 2 rings (SSSR count). The van der Waals surface area contributed by atoms with Crippen LogP contribution in [0.25, 0.3) is 0 Å². The summed E-state index contributed by atoms with van der Waals surface area (Å²) < 4.78 is 18.4. The summed E-state index contributed by atoms with van der Waals surface area (Å²) in [6.07, 6.45) is 0.915. The molecule has 0 fully saturated rings. The lowest BCUT2D eigenvalue weighted by Gasteiger charge is -2.01. The summed E-state index contributed by atoms with van der Waals surface area (Å²) in [4.78, 5) is 11.7. The van der Waals surface area contributed by atoms with Crippen LogP contribution in [-0.4, -0.2) is 17.6 Å². The van der Waals surface area contributed by atoms with Gasteiger partial charge in [0.15, 0.2) is 0 Å². The average molecular weight is 300 g/mol. The van der Waals surface area contributed by atoms with E-state index in [4.69, 9.17) is 4.52 Å². The summed E-state index contributed by atoms with van der Waals surface area (Å²) in [5.41, 5.74) is 2.10. The van der Waals surface area contributed by atoms with Crippen molar-refractivity contribution in [3.8, 4) is 11.8 Å². The molecule has 0 saturated heterocycles. The predicted octanol–water partition coefficient (Wildman–Crippen LogP) is 2.53. The molecular weight excluding hydrogens is 283 g/mol. The number of nitrogens with one attached hydrogen (secondary N) is 1. The molecule has 0 aliphatic carbocycles. The lowest BCUT2D eigenvalue weighted by atomic mass is 10.1. The molecule has 1 heterocycles. The Kier molecular flexibility index (Phi) is 5.31. The number of carbonyl (C=O) groups is 1. The smallest absolute Gasteiger partial charge is 0.221 e. The van der Waals surface area contributed by atoms with Gasteiger partial charge in [-0.25, -0.2) is 4.39 Å². The zero-order valence-electron chi connectivity index (χ0n) is 12.6. The van der Waals surface area contributed by atoms with Gasteiger partial charge in [0.05, 0.1) is 17.8 Å². The van der Waals surface area contributed by atoms with Gasteiger partial charge in [0, 0.05) is 12.0 Å². The summed E-state index contributed by atoms with van der Waals surface area (Å²) in [5, 5.41) is 6.53. The Morgan fingerprint density at radius 3 is 2.82 bits per heavy atom. The van der Waals surface area contributed by atoms with Crippen LogP contribution in [-0.2, 0) is 11.2 Å². The number of carbonyl (C=O) groups excluding carboxylic acids is 1. The molecule has 1 amide bonds. The molecule has 0 bridgehead atoms. The molecule has 2 aromatic rings. The Morgan fingerprint density at radius 2 is 2.14 bits per heavy atom. The highest BCUT2D eigenvalue weighted by molar-refractivity contribution is 5.76. The average Bonchev–Trinajstić information content (AvgIpc) is 2.82. The second-order valence-corrected chi connectivity index (χ2v) is 4.86. The first-order chi connectivity index (χ1) is 10.6. The fraction of sp³-hybridized carbons (Fsp3) is 0.294. The van der Waals surface area contributed by atoms with Crippen molar-refractivity contribution in [2.45, 2.75) is 26.7 Å². The number of rotatable bonds is 4. The first-order valence-corrected chi connectivity index (χ1v) is 6.99.